The first kappa shape index (κ1) is 21.5. The molecule has 10 heteroatoms. The minimum absolute atomic E-state index is 0.0962. The van der Waals surface area contributed by atoms with Crippen molar-refractivity contribution < 1.29 is 14.3 Å². The molecule has 0 bridgehead atoms. The fourth-order valence-corrected chi connectivity index (χ4v) is 4.77. The smallest absolute Gasteiger partial charge is 0.265 e. The predicted molar refractivity (Wildman–Crippen MR) is 126 cm³/mol. The lowest BCUT2D eigenvalue weighted by Gasteiger charge is -2.30. The molecule has 2 aromatic rings. The number of hydrogen-bond acceptors (Lipinski definition) is 5. The van der Waals surface area contributed by atoms with E-state index in [1.54, 1.807) is 35.2 Å². The molecule has 2 amide bonds. The molecule has 2 aliphatic heterocycles. The molecule has 2 heterocycles. The van der Waals surface area contributed by atoms with Crippen molar-refractivity contribution in [2.24, 2.45) is 0 Å². The number of thiocarbonyl (C=S) groups is 1. The lowest BCUT2D eigenvalue weighted by atomic mass is 10.1. The normalized spacial score (nSPS) is 17.2. The number of ether oxygens (including phenoxy) is 1. The Morgan fingerprint density at radius 1 is 1.13 bits per heavy atom. The summed E-state index contributed by atoms with van der Waals surface area (Å²) >= 11 is 24.7. The number of benzene rings is 2. The largest absolute Gasteiger partial charge is 0.480 e. The highest BCUT2D eigenvalue weighted by Crippen LogP contribution is 2.41. The molecule has 0 unspecified atom stereocenters. The summed E-state index contributed by atoms with van der Waals surface area (Å²) < 4.78 is 5.96. The highest BCUT2D eigenvalue weighted by Gasteiger charge is 2.28. The lowest BCUT2D eigenvalue weighted by Crippen LogP contribution is -2.40. The minimum Gasteiger partial charge on any atom is -0.480 e. The van der Waals surface area contributed by atoms with Crippen LogP contribution in [0.25, 0.3) is 6.08 Å². The van der Waals surface area contributed by atoms with E-state index in [-0.39, 0.29) is 18.4 Å². The van der Waals surface area contributed by atoms with Gasteiger partial charge in [-0.15, -0.1) is 0 Å². The number of hydrogen-bond donors (Lipinski definition) is 1. The Bertz CT molecular complexity index is 1120. The molecule has 0 spiro atoms. The van der Waals surface area contributed by atoms with Crippen LogP contribution in [0.3, 0.4) is 0 Å². The van der Waals surface area contributed by atoms with Crippen molar-refractivity contribution in [3.8, 4) is 5.75 Å². The highest BCUT2D eigenvalue weighted by atomic mass is 35.5. The number of amides is 2. The second-order valence-electron chi connectivity index (χ2n) is 6.54. The van der Waals surface area contributed by atoms with E-state index in [0.29, 0.717) is 54.3 Å². The van der Waals surface area contributed by atoms with Gasteiger partial charge in [0.1, 0.15) is 4.32 Å². The maximum atomic E-state index is 12.6. The third-order valence-electron chi connectivity index (χ3n) is 4.53. The van der Waals surface area contributed by atoms with E-state index in [2.05, 4.69) is 5.32 Å². The molecule has 5 nitrogen and oxygen atoms in total. The molecule has 0 radical (unpaired) electrons. The molecule has 154 valence electrons. The van der Waals surface area contributed by atoms with Crippen LogP contribution >= 0.6 is 58.8 Å². The highest BCUT2D eigenvalue weighted by molar-refractivity contribution is 8.26. The lowest BCUT2D eigenvalue weighted by molar-refractivity contribution is -0.121. The number of halogens is 3. The molecule has 1 fully saturated rings. The van der Waals surface area contributed by atoms with Gasteiger partial charge in [-0.1, -0.05) is 64.8 Å². The van der Waals surface area contributed by atoms with E-state index in [1.165, 1.54) is 11.8 Å². The van der Waals surface area contributed by atoms with Crippen LogP contribution in [0.1, 0.15) is 11.1 Å². The summed E-state index contributed by atoms with van der Waals surface area (Å²) in [5, 5.41) is 3.87. The summed E-state index contributed by atoms with van der Waals surface area (Å²) in [7, 11) is 0. The van der Waals surface area contributed by atoms with Crippen LogP contribution < -0.4 is 15.0 Å². The standard InChI is InChI=1S/C20H13Cl3N2O3S2/c21-12-2-1-10(5-13(12)22)3-4-25-15-7-11(8-16-19(27)24-20(29)30-16)6-14(23)18(15)28-9-17(25)26/h1-2,5-8H,3-4,9H2,(H,24,27,29). The molecule has 1 N–H and O–H groups in total. The summed E-state index contributed by atoms with van der Waals surface area (Å²) in [6.07, 6.45) is 2.25. The predicted octanol–water partition coefficient (Wildman–Crippen LogP) is 5.10. The average Bonchev–Trinajstić information content (AvgIpc) is 3.00. The van der Waals surface area contributed by atoms with Crippen LogP contribution in [0.4, 0.5) is 5.69 Å². The molecular formula is C20H13Cl3N2O3S2. The fraction of sp³-hybridized carbons (Fsp3) is 0.150. The SMILES string of the molecule is O=C1NC(=S)SC1=Cc1cc(Cl)c2c(c1)N(CCc1ccc(Cl)c(Cl)c1)C(=O)CO2. The van der Waals surface area contributed by atoms with E-state index >= 15 is 0 Å². The third-order valence-corrected chi connectivity index (χ3v) is 6.71. The van der Waals surface area contributed by atoms with E-state index in [9.17, 15) is 9.59 Å². The zero-order chi connectivity index (χ0) is 21.4. The van der Waals surface area contributed by atoms with Crippen molar-refractivity contribution in [2.45, 2.75) is 6.42 Å². The van der Waals surface area contributed by atoms with Crippen molar-refractivity contribution >= 4 is 86.7 Å². The van der Waals surface area contributed by atoms with E-state index in [0.717, 1.165) is 5.56 Å². The molecular weight excluding hydrogens is 487 g/mol. The van der Waals surface area contributed by atoms with Gasteiger partial charge >= 0.3 is 0 Å². The van der Waals surface area contributed by atoms with Crippen LogP contribution in [0.5, 0.6) is 5.75 Å². The molecule has 30 heavy (non-hydrogen) atoms. The third kappa shape index (κ3) is 4.45. The van der Waals surface area contributed by atoms with Crippen molar-refractivity contribution in [3.05, 3.63) is 61.4 Å². The molecule has 1 saturated heterocycles. The Labute approximate surface area is 197 Å². The average molecular weight is 500 g/mol. The van der Waals surface area contributed by atoms with Crippen molar-refractivity contribution in [2.75, 3.05) is 18.1 Å². The van der Waals surface area contributed by atoms with Crippen LogP contribution in [-0.2, 0) is 16.0 Å². The van der Waals surface area contributed by atoms with E-state index in [1.807, 2.05) is 6.07 Å². The van der Waals surface area contributed by atoms with Gasteiger partial charge in [0.25, 0.3) is 11.8 Å². The summed E-state index contributed by atoms with van der Waals surface area (Å²) in [4.78, 5) is 26.6. The van der Waals surface area contributed by atoms with Crippen molar-refractivity contribution in [1.29, 1.82) is 0 Å². The van der Waals surface area contributed by atoms with Crippen molar-refractivity contribution in [1.82, 2.24) is 5.32 Å². The minimum atomic E-state index is -0.261. The maximum Gasteiger partial charge on any atom is 0.265 e. The summed E-state index contributed by atoms with van der Waals surface area (Å²) in [5.74, 6) is -0.00756. The first-order chi connectivity index (χ1) is 14.3. The van der Waals surface area contributed by atoms with Gasteiger partial charge in [-0.25, -0.2) is 0 Å². The molecule has 2 aliphatic rings. The summed E-state index contributed by atoms with van der Waals surface area (Å²) in [5.41, 5.74) is 2.16. The molecule has 0 saturated carbocycles. The van der Waals surface area contributed by atoms with E-state index < -0.39 is 0 Å². The zero-order valence-corrected chi connectivity index (χ0v) is 19.1. The maximum absolute atomic E-state index is 12.6. The monoisotopic (exact) mass is 498 g/mol. The topological polar surface area (TPSA) is 58.6 Å². The molecule has 4 rings (SSSR count). The number of thioether (sulfide) groups is 1. The summed E-state index contributed by atoms with van der Waals surface area (Å²) in [6.45, 7) is 0.309. The Morgan fingerprint density at radius 3 is 2.63 bits per heavy atom. The number of fused-ring (bicyclic) bond motifs is 1. The molecule has 0 aliphatic carbocycles. The molecule has 2 aromatic carbocycles. The van der Waals surface area contributed by atoms with Gasteiger partial charge in [-0.3, -0.25) is 9.59 Å². The number of carbonyl (C=O) groups is 2. The van der Waals surface area contributed by atoms with Gasteiger partial charge < -0.3 is 15.0 Å². The second kappa shape index (κ2) is 8.77. The second-order valence-corrected chi connectivity index (χ2v) is 9.48. The summed E-state index contributed by atoms with van der Waals surface area (Å²) in [6, 6.07) is 8.84. The van der Waals surface area contributed by atoms with Gasteiger partial charge in [-0.05, 0) is 47.9 Å². The van der Waals surface area contributed by atoms with Gasteiger partial charge in [0.2, 0.25) is 0 Å². The number of nitrogens with one attached hydrogen (secondary N) is 1. The first-order valence-corrected chi connectivity index (χ1v) is 11.1. The Hall–Kier alpha value is -1.77. The fourth-order valence-electron chi connectivity index (χ4n) is 3.13. The molecule has 0 atom stereocenters. The van der Waals surface area contributed by atoms with Gasteiger partial charge in [0.15, 0.2) is 12.4 Å². The Balaban J connectivity index is 1.64. The van der Waals surface area contributed by atoms with Crippen LogP contribution in [-0.4, -0.2) is 29.3 Å². The van der Waals surface area contributed by atoms with Gasteiger partial charge in [0, 0.05) is 6.54 Å². The zero-order valence-electron chi connectivity index (χ0n) is 15.2. The van der Waals surface area contributed by atoms with E-state index in [4.69, 9.17) is 51.8 Å². The number of carbonyl (C=O) groups excluding carboxylic acids is 2. The number of nitrogens with zero attached hydrogens (tertiary/aromatic N) is 1. The van der Waals surface area contributed by atoms with Crippen LogP contribution in [0.15, 0.2) is 35.2 Å². The van der Waals surface area contributed by atoms with Crippen LogP contribution in [0.2, 0.25) is 15.1 Å². The van der Waals surface area contributed by atoms with Gasteiger partial charge in [0.05, 0.1) is 25.7 Å². The van der Waals surface area contributed by atoms with Gasteiger partial charge in [-0.2, -0.15) is 0 Å². The quantitative estimate of drug-likeness (QED) is 0.468. The Kier molecular flexibility index (Phi) is 6.27. The van der Waals surface area contributed by atoms with Crippen molar-refractivity contribution in [3.63, 3.8) is 0 Å². The number of rotatable bonds is 4. The Morgan fingerprint density at radius 2 is 1.93 bits per heavy atom. The number of anilines is 1. The first-order valence-electron chi connectivity index (χ1n) is 8.77. The van der Waals surface area contributed by atoms with Crippen LogP contribution in [0, 0.1) is 0 Å². The molecule has 0 aromatic heterocycles.